The van der Waals surface area contributed by atoms with E-state index in [4.69, 9.17) is 4.74 Å². The minimum atomic E-state index is -0.435. The second-order valence-electron chi connectivity index (χ2n) is 7.33. The average molecular weight is 284 g/mol. The average Bonchev–Trinajstić information content (AvgIpc) is 2.29. The van der Waals surface area contributed by atoms with E-state index >= 15 is 0 Å². The van der Waals surface area contributed by atoms with Gasteiger partial charge in [0.1, 0.15) is 5.60 Å². The predicted molar refractivity (Wildman–Crippen MR) is 82.8 cm³/mol. The van der Waals surface area contributed by atoms with Gasteiger partial charge in [-0.1, -0.05) is 19.8 Å². The van der Waals surface area contributed by atoms with Crippen LogP contribution in [0.2, 0.25) is 0 Å². The first-order chi connectivity index (χ1) is 9.26. The van der Waals surface area contributed by atoms with Gasteiger partial charge in [-0.25, -0.2) is 4.79 Å². The molecule has 0 bridgehead atoms. The molecule has 118 valence electrons. The molecule has 0 spiro atoms. The standard InChI is InChI=1S/C16H32N2O2/c1-12-6-8-14(9-7-12)11-17-10-13(2)18-15(19)20-16(3,4)5/h12-14,17H,6-11H2,1-5H3,(H,18,19). The number of alkyl carbamates (subject to hydrolysis) is 1. The highest BCUT2D eigenvalue weighted by Crippen LogP contribution is 2.27. The van der Waals surface area contributed by atoms with Gasteiger partial charge in [0.2, 0.25) is 0 Å². The van der Waals surface area contributed by atoms with Crippen LogP contribution in [0.4, 0.5) is 4.79 Å². The molecule has 1 unspecified atom stereocenters. The molecule has 1 amide bonds. The molecule has 20 heavy (non-hydrogen) atoms. The summed E-state index contributed by atoms with van der Waals surface area (Å²) in [6, 6.07) is 0.0902. The van der Waals surface area contributed by atoms with Crippen LogP contribution >= 0.6 is 0 Å². The monoisotopic (exact) mass is 284 g/mol. The van der Waals surface area contributed by atoms with E-state index in [1.165, 1.54) is 25.7 Å². The van der Waals surface area contributed by atoms with Crippen LogP contribution in [0, 0.1) is 11.8 Å². The Balaban J connectivity index is 2.11. The van der Waals surface area contributed by atoms with Gasteiger partial charge in [0, 0.05) is 12.6 Å². The molecule has 2 N–H and O–H groups in total. The van der Waals surface area contributed by atoms with Gasteiger partial charge < -0.3 is 15.4 Å². The van der Waals surface area contributed by atoms with Crippen LogP contribution in [0.25, 0.3) is 0 Å². The fraction of sp³-hybridized carbons (Fsp3) is 0.938. The van der Waals surface area contributed by atoms with E-state index in [-0.39, 0.29) is 12.1 Å². The third kappa shape index (κ3) is 7.73. The van der Waals surface area contributed by atoms with Gasteiger partial charge in [0.25, 0.3) is 0 Å². The lowest BCUT2D eigenvalue weighted by molar-refractivity contribution is 0.0508. The zero-order valence-electron chi connectivity index (χ0n) is 13.8. The molecule has 1 atom stereocenters. The highest BCUT2D eigenvalue weighted by Gasteiger charge is 2.19. The number of ether oxygens (including phenoxy) is 1. The summed E-state index contributed by atoms with van der Waals surface area (Å²) < 4.78 is 5.24. The predicted octanol–water partition coefficient (Wildman–Crippen LogP) is 3.32. The van der Waals surface area contributed by atoms with Gasteiger partial charge in [0.05, 0.1) is 0 Å². The van der Waals surface area contributed by atoms with E-state index in [9.17, 15) is 4.79 Å². The molecule has 1 aliphatic rings. The van der Waals surface area contributed by atoms with E-state index in [1.54, 1.807) is 0 Å². The Hall–Kier alpha value is -0.770. The lowest BCUT2D eigenvalue weighted by Crippen LogP contribution is -2.43. The highest BCUT2D eigenvalue weighted by molar-refractivity contribution is 5.68. The number of hydrogen-bond donors (Lipinski definition) is 2. The summed E-state index contributed by atoms with van der Waals surface area (Å²) in [6.07, 6.45) is 5.05. The molecular weight excluding hydrogens is 252 g/mol. The second-order valence-corrected chi connectivity index (χ2v) is 7.33. The van der Waals surface area contributed by atoms with E-state index < -0.39 is 5.60 Å². The first-order valence-corrected chi connectivity index (χ1v) is 7.96. The number of carbonyl (C=O) groups excluding carboxylic acids is 1. The summed E-state index contributed by atoms with van der Waals surface area (Å²) in [5.41, 5.74) is -0.435. The maximum atomic E-state index is 11.6. The highest BCUT2D eigenvalue weighted by atomic mass is 16.6. The molecule has 0 aromatic rings. The van der Waals surface area contributed by atoms with Gasteiger partial charge in [-0.2, -0.15) is 0 Å². The van der Waals surface area contributed by atoms with E-state index in [1.807, 2.05) is 27.7 Å². The summed E-state index contributed by atoms with van der Waals surface area (Å²) in [5, 5.41) is 6.33. The van der Waals surface area contributed by atoms with Crippen molar-refractivity contribution in [2.75, 3.05) is 13.1 Å². The lowest BCUT2D eigenvalue weighted by atomic mass is 9.83. The van der Waals surface area contributed by atoms with Crippen molar-refractivity contribution in [3.63, 3.8) is 0 Å². The molecule has 0 aliphatic heterocycles. The molecule has 1 aliphatic carbocycles. The van der Waals surface area contributed by atoms with Gasteiger partial charge in [-0.3, -0.25) is 0 Å². The van der Waals surface area contributed by atoms with Crippen molar-refractivity contribution in [1.82, 2.24) is 10.6 Å². The normalized spacial score (nSPS) is 25.1. The van der Waals surface area contributed by atoms with Crippen LogP contribution in [-0.2, 0) is 4.74 Å². The fourth-order valence-electron chi connectivity index (χ4n) is 2.60. The van der Waals surface area contributed by atoms with Crippen molar-refractivity contribution < 1.29 is 9.53 Å². The lowest BCUT2D eigenvalue weighted by Gasteiger charge is -2.27. The molecule has 1 fully saturated rings. The first kappa shape index (κ1) is 17.3. The molecule has 1 rings (SSSR count). The Morgan fingerprint density at radius 3 is 2.40 bits per heavy atom. The second kappa shape index (κ2) is 7.87. The Labute approximate surface area is 124 Å². The molecule has 0 saturated heterocycles. The first-order valence-electron chi connectivity index (χ1n) is 7.96. The van der Waals surface area contributed by atoms with Crippen LogP contribution in [-0.4, -0.2) is 30.8 Å². The van der Waals surface area contributed by atoms with Crippen molar-refractivity contribution in [2.24, 2.45) is 11.8 Å². The number of hydrogen-bond acceptors (Lipinski definition) is 3. The van der Waals surface area contributed by atoms with Crippen molar-refractivity contribution in [1.29, 1.82) is 0 Å². The molecule has 4 nitrogen and oxygen atoms in total. The summed E-state index contributed by atoms with van der Waals surface area (Å²) in [6.45, 7) is 11.8. The van der Waals surface area contributed by atoms with Crippen molar-refractivity contribution in [2.45, 2.75) is 71.9 Å². The van der Waals surface area contributed by atoms with Crippen molar-refractivity contribution in [3.05, 3.63) is 0 Å². The van der Waals surface area contributed by atoms with Gasteiger partial charge in [-0.05, 0) is 58.9 Å². The minimum Gasteiger partial charge on any atom is -0.444 e. The Kier molecular flexibility index (Phi) is 6.80. The molecule has 0 aromatic carbocycles. The van der Waals surface area contributed by atoms with E-state index in [0.29, 0.717) is 0 Å². The van der Waals surface area contributed by atoms with Gasteiger partial charge in [-0.15, -0.1) is 0 Å². The third-order valence-corrected chi connectivity index (χ3v) is 3.78. The summed E-state index contributed by atoms with van der Waals surface area (Å²) >= 11 is 0. The summed E-state index contributed by atoms with van der Waals surface area (Å²) in [7, 11) is 0. The van der Waals surface area contributed by atoms with Gasteiger partial charge >= 0.3 is 6.09 Å². The molecule has 0 aromatic heterocycles. The molecule has 0 radical (unpaired) electrons. The van der Waals surface area contributed by atoms with Crippen LogP contribution in [0.5, 0.6) is 0 Å². The van der Waals surface area contributed by atoms with Crippen LogP contribution in [0.3, 0.4) is 0 Å². The van der Waals surface area contributed by atoms with Crippen molar-refractivity contribution >= 4 is 6.09 Å². The smallest absolute Gasteiger partial charge is 0.407 e. The zero-order chi connectivity index (χ0) is 15.2. The molecule has 0 heterocycles. The SMILES string of the molecule is CC1CCC(CNCC(C)NC(=O)OC(C)(C)C)CC1. The summed E-state index contributed by atoms with van der Waals surface area (Å²) in [5.74, 6) is 1.71. The van der Waals surface area contributed by atoms with Crippen LogP contribution in [0.1, 0.15) is 60.3 Å². The van der Waals surface area contributed by atoms with E-state index in [0.717, 1.165) is 24.9 Å². The molecule has 4 heteroatoms. The zero-order valence-corrected chi connectivity index (χ0v) is 13.8. The maximum Gasteiger partial charge on any atom is 0.407 e. The Bertz CT molecular complexity index is 291. The fourth-order valence-corrected chi connectivity index (χ4v) is 2.60. The Morgan fingerprint density at radius 2 is 1.85 bits per heavy atom. The third-order valence-electron chi connectivity index (χ3n) is 3.78. The van der Waals surface area contributed by atoms with Crippen LogP contribution < -0.4 is 10.6 Å². The number of rotatable bonds is 5. The number of carbonyl (C=O) groups is 1. The van der Waals surface area contributed by atoms with Crippen molar-refractivity contribution in [3.8, 4) is 0 Å². The largest absolute Gasteiger partial charge is 0.444 e. The Morgan fingerprint density at radius 1 is 1.25 bits per heavy atom. The topological polar surface area (TPSA) is 50.4 Å². The van der Waals surface area contributed by atoms with Crippen LogP contribution in [0.15, 0.2) is 0 Å². The summed E-state index contributed by atoms with van der Waals surface area (Å²) in [4.78, 5) is 11.6. The molecule has 1 saturated carbocycles. The van der Waals surface area contributed by atoms with Gasteiger partial charge in [0.15, 0.2) is 0 Å². The molecular formula is C16H32N2O2. The maximum absolute atomic E-state index is 11.6. The van der Waals surface area contributed by atoms with E-state index in [2.05, 4.69) is 17.6 Å². The minimum absolute atomic E-state index is 0.0902. The number of nitrogens with one attached hydrogen (secondary N) is 2. The number of amides is 1. The quantitative estimate of drug-likeness (QED) is 0.814.